The Morgan fingerprint density at radius 3 is 2.54 bits per heavy atom. The summed E-state index contributed by atoms with van der Waals surface area (Å²) in [4.78, 5) is 25.8. The van der Waals surface area contributed by atoms with Crippen LogP contribution in [0.25, 0.3) is 0 Å². The highest BCUT2D eigenvalue weighted by molar-refractivity contribution is 6.02. The minimum Gasteiger partial charge on any atom is -0.495 e. The summed E-state index contributed by atoms with van der Waals surface area (Å²) < 4.78 is 5.35. The molecule has 0 bridgehead atoms. The standard InChI is InChI=1S/C19H20N2O3/c1-13(22)14-7-9-15(10-8-14)20-16-11-12-21(19(16)23)17-5-3-4-6-18(17)24-2/h3-10,16,20H,11-12H2,1-2H3. The second kappa shape index (κ2) is 6.74. The number of nitrogens with zero attached hydrogens (tertiary/aromatic N) is 1. The number of para-hydroxylation sites is 2. The first kappa shape index (κ1) is 16.1. The molecule has 0 aromatic heterocycles. The number of nitrogens with one attached hydrogen (secondary N) is 1. The number of amides is 1. The van der Waals surface area contributed by atoms with E-state index in [1.807, 2.05) is 36.4 Å². The van der Waals surface area contributed by atoms with Crippen LogP contribution in [0.1, 0.15) is 23.7 Å². The zero-order chi connectivity index (χ0) is 17.1. The van der Waals surface area contributed by atoms with E-state index in [9.17, 15) is 9.59 Å². The van der Waals surface area contributed by atoms with Gasteiger partial charge in [-0.15, -0.1) is 0 Å². The van der Waals surface area contributed by atoms with Gasteiger partial charge in [0.2, 0.25) is 5.91 Å². The molecule has 5 heteroatoms. The number of ether oxygens (including phenoxy) is 1. The summed E-state index contributed by atoms with van der Waals surface area (Å²) in [5.41, 5.74) is 2.29. The van der Waals surface area contributed by atoms with E-state index in [-0.39, 0.29) is 17.7 Å². The van der Waals surface area contributed by atoms with Crippen LogP contribution in [0.4, 0.5) is 11.4 Å². The zero-order valence-electron chi connectivity index (χ0n) is 13.8. The number of ketones is 1. The molecule has 1 fully saturated rings. The summed E-state index contributed by atoms with van der Waals surface area (Å²) in [6, 6.07) is 14.4. The average molecular weight is 324 g/mol. The number of carbonyl (C=O) groups excluding carboxylic acids is 2. The van der Waals surface area contributed by atoms with Crippen LogP contribution in [0, 0.1) is 0 Å². The van der Waals surface area contributed by atoms with Gasteiger partial charge in [0.1, 0.15) is 11.8 Å². The van der Waals surface area contributed by atoms with Crippen LogP contribution in [0.2, 0.25) is 0 Å². The van der Waals surface area contributed by atoms with Gasteiger partial charge < -0.3 is 15.0 Å². The molecule has 5 nitrogen and oxygen atoms in total. The predicted octanol–water partition coefficient (Wildman–Crippen LogP) is 3.12. The van der Waals surface area contributed by atoms with Gasteiger partial charge in [0.25, 0.3) is 0 Å². The molecule has 2 aromatic carbocycles. The Kier molecular flexibility index (Phi) is 4.51. The van der Waals surface area contributed by atoms with Crippen molar-refractivity contribution >= 4 is 23.1 Å². The number of benzene rings is 2. The van der Waals surface area contributed by atoms with Crippen LogP contribution in [0.5, 0.6) is 5.75 Å². The summed E-state index contributed by atoms with van der Waals surface area (Å²) in [7, 11) is 1.60. The van der Waals surface area contributed by atoms with Crippen molar-refractivity contribution in [3.05, 3.63) is 54.1 Å². The molecule has 1 saturated heterocycles. The molecule has 1 amide bonds. The van der Waals surface area contributed by atoms with E-state index >= 15 is 0 Å². The highest BCUT2D eigenvalue weighted by Crippen LogP contribution is 2.31. The first-order valence-electron chi connectivity index (χ1n) is 7.92. The minimum absolute atomic E-state index is 0.0233. The normalized spacial score (nSPS) is 17.0. The molecule has 0 aliphatic carbocycles. The van der Waals surface area contributed by atoms with Crippen LogP contribution in [-0.2, 0) is 4.79 Å². The van der Waals surface area contributed by atoms with Gasteiger partial charge in [-0.25, -0.2) is 0 Å². The summed E-state index contributed by atoms with van der Waals surface area (Å²) in [5.74, 6) is 0.744. The number of hydrogen-bond acceptors (Lipinski definition) is 4. The van der Waals surface area contributed by atoms with Crippen molar-refractivity contribution in [1.82, 2.24) is 0 Å². The molecule has 124 valence electrons. The lowest BCUT2D eigenvalue weighted by Crippen LogP contribution is -2.33. The Hall–Kier alpha value is -2.82. The van der Waals surface area contributed by atoms with Gasteiger partial charge in [0.15, 0.2) is 5.78 Å². The number of methoxy groups -OCH3 is 1. The predicted molar refractivity (Wildman–Crippen MR) is 93.8 cm³/mol. The third kappa shape index (κ3) is 3.11. The van der Waals surface area contributed by atoms with E-state index in [1.54, 1.807) is 24.1 Å². The molecule has 1 aliphatic heterocycles. The van der Waals surface area contributed by atoms with Gasteiger partial charge in [-0.1, -0.05) is 12.1 Å². The van der Waals surface area contributed by atoms with Gasteiger partial charge >= 0.3 is 0 Å². The number of anilines is 2. The smallest absolute Gasteiger partial charge is 0.249 e. The second-order valence-corrected chi connectivity index (χ2v) is 5.78. The Bertz CT molecular complexity index is 755. The van der Waals surface area contributed by atoms with E-state index < -0.39 is 0 Å². The van der Waals surface area contributed by atoms with Crippen molar-refractivity contribution in [2.75, 3.05) is 23.9 Å². The molecule has 0 radical (unpaired) electrons. The van der Waals surface area contributed by atoms with Crippen molar-refractivity contribution in [3.63, 3.8) is 0 Å². The summed E-state index contributed by atoms with van der Waals surface area (Å²) in [6.45, 7) is 2.18. The van der Waals surface area contributed by atoms with Gasteiger partial charge in [-0.05, 0) is 49.7 Å². The molecule has 1 aliphatic rings. The van der Waals surface area contributed by atoms with Gasteiger partial charge in [-0.2, -0.15) is 0 Å². The molecular formula is C19H20N2O3. The number of Topliss-reactive ketones (excluding diaryl/α,β-unsaturated/α-hetero) is 1. The molecule has 24 heavy (non-hydrogen) atoms. The van der Waals surface area contributed by atoms with E-state index in [0.29, 0.717) is 24.3 Å². The van der Waals surface area contributed by atoms with Crippen molar-refractivity contribution in [3.8, 4) is 5.75 Å². The molecule has 1 N–H and O–H groups in total. The number of rotatable bonds is 5. The molecule has 1 atom stereocenters. The first-order chi connectivity index (χ1) is 11.6. The molecule has 0 spiro atoms. The molecule has 1 heterocycles. The first-order valence-corrected chi connectivity index (χ1v) is 7.92. The fourth-order valence-corrected chi connectivity index (χ4v) is 2.91. The fraction of sp³-hybridized carbons (Fsp3) is 0.263. The SMILES string of the molecule is COc1ccccc1N1CCC(Nc2ccc(C(C)=O)cc2)C1=O. The van der Waals surface area contributed by atoms with Crippen molar-refractivity contribution < 1.29 is 14.3 Å². The highest BCUT2D eigenvalue weighted by Gasteiger charge is 2.33. The van der Waals surface area contributed by atoms with Crippen LogP contribution in [0.3, 0.4) is 0 Å². The summed E-state index contributed by atoms with van der Waals surface area (Å²) >= 11 is 0. The largest absolute Gasteiger partial charge is 0.495 e. The highest BCUT2D eigenvalue weighted by atomic mass is 16.5. The number of carbonyl (C=O) groups is 2. The van der Waals surface area contributed by atoms with Crippen LogP contribution in [-0.4, -0.2) is 31.4 Å². The van der Waals surface area contributed by atoms with E-state index in [2.05, 4.69) is 5.32 Å². The maximum atomic E-state index is 12.7. The lowest BCUT2D eigenvalue weighted by atomic mass is 10.1. The molecular weight excluding hydrogens is 304 g/mol. The average Bonchev–Trinajstić information content (AvgIpc) is 2.96. The van der Waals surface area contributed by atoms with Crippen molar-refractivity contribution in [2.24, 2.45) is 0 Å². The maximum absolute atomic E-state index is 12.7. The summed E-state index contributed by atoms with van der Waals surface area (Å²) in [5, 5.41) is 3.25. The number of hydrogen-bond donors (Lipinski definition) is 1. The fourth-order valence-electron chi connectivity index (χ4n) is 2.91. The van der Waals surface area contributed by atoms with Crippen molar-refractivity contribution in [1.29, 1.82) is 0 Å². The van der Waals surface area contributed by atoms with E-state index in [1.165, 1.54) is 6.92 Å². The second-order valence-electron chi connectivity index (χ2n) is 5.78. The Balaban J connectivity index is 1.73. The van der Waals surface area contributed by atoms with Crippen molar-refractivity contribution in [2.45, 2.75) is 19.4 Å². The maximum Gasteiger partial charge on any atom is 0.249 e. The zero-order valence-corrected chi connectivity index (χ0v) is 13.8. The van der Waals surface area contributed by atoms with Crippen LogP contribution < -0.4 is 15.0 Å². The van der Waals surface area contributed by atoms with Crippen LogP contribution in [0.15, 0.2) is 48.5 Å². The minimum atomic E-state index is -0.280. The third-order valence-corrected chi connectivity index (χ3v) is 4.21. The molecule has 0 saturated carbocycles. The lowest BCUT2D eigenvalue weighted by molar-refractivity contribution is -0.117. The third-order valence-electron chi connectivity index (χ3n) is 4.21. The van der Waals surface area contributed by atoms with E-state index in [0.717, 1.165) is 11.4 Å². The Morgan fingerprint density at radius 2 is 1.88 bits per heavy atom. The Labute approximate surface area is 141 Å². The van der Waals surface area contributed by atoms with Gasteiger partial charge in [0.05, 0.1) is 12.8 Å². The van der Waals surface area contributed by atoms with Gasteiger partial charge in [-0.3, -0.25) is 9.59 Å². The van der Waals surface area contributed by atoms with Gasteiger partial charge in [0, 0.05) is 17.8 Å². The van der Waals surface area contributed by atoms with E-state index in [4.69, 9.17) is 4.74 Å². The monoisotopic (exact) mass is 324 g/mol. The quantitative estimate of drug-likeness (QED) is 0.859. The topological polar surface area (TPSA) is 58.6 Å². The molecule has 1 unspecified atom stereocenters. The lowest BCUT2D eigenvalue weighted by Gasteiger charge is -2.20. The Morgan fingerprint density at radius 1 is 1.17 bits per heavy atom. The molecule has 3 rings (SSSR count). The molecule has 2 aromatic rings. The van der Waals surface area contributed by atoms with Crippen LogP contribution >= 0.6 is 0 Å². The summed E-state index contributed by atoms with van der Waals surface area (Å²) in [6.07, 6.45) is 0.714.